The van der Waals surface area contributed by atoms with Gasteiger partial charge in [-0.25, -0.2) is 0 Å². The highest BCUT2D eigenvalue weighted by atomic mass is 16.3. The highest BCUT2D eigenvalue weighted by molar-refractivity contribution is 5.02. The van der Waals surface area contributed by atoms with Gasteiger partial charge in [-0.2, -0.15) is 0 Å². The number of hydrogen-bond acceptors (Lipinski definition) is 4. The summed E-state index contributed by atoms with van der Waals surface area (Å²) in [5, 5.41) is 3.45. The average molecular weight is 239 g/mol. The first-order chi connectivity index (χ1) is 8.09. The summed E-state index contributed by atoms with van der Waals surface area (Å²) in [6, 6.07) is 4.22. The molecule has 0 spiro atoms. The van der Waals surface area contributed by atoms with Gasteiger partial charge in [0.1, 0.15) is 5.76 Å². The number of furan rings is 1. The monoisotopic (exact) mass is 239 g/mol. The summed E-state index contributed by atoms with van der Waals surface area (Å²) >= 11 is 0. The second-order valence-corrected chi connectivity index (χ2v) is 4.80. The van der Waals surface area contributed by atoms with Gasteiger partial charge in [0.15, 0.2) is 0 Å². The Balaban J connectivity index is 2.11. The number of likely N-dealkylation sites (N-methyl/N-ethyl adjacent to an activating group) is 2. The normalized spacial score (nSPS) is 13.5. The molecule has 17 heavy (non-hydrogen) atoms. The van der Waals surface area contributed by atoms with Crippen LogP contribution < -0.4 is 5.32 Å². The summed E-state index contributed by atoms with van der Waals surface area (Å²) in [4.78, 5) is 4.54. The molecule has 4 heteroatoms. The van der Waals surface area contributed by atoms with Gasteiger partial charge in [-0.05, 0) is 40.2 Å². The zero-order valence-electron chi connectivity index (χ0n) is 11.4. The van der Waals surface area contributed by atoms with Gasteiger partial charge in [-0.3, -0.25) is 0 Å². The van der Waals surface area contributed by atoms with Gasteiger partial charge in [-0.1, -0.05) is 0 Å². The van der Waals surface area contributed by atoms with Crippen LogP contribution in [-0.2, 0) is 0 Å². The second kappa shape index (κ2) is 7.48. The molecule has 1 atom stereocenters. The minimum absolute atomic E-state index is 0.284. The van der Waals surface area contributed by atoms with Crippen LogP contribution in [0, 0.1) is 0 Å². The van der Waals surface area contributed by atoms with Crippen molar-refractivity contribution in [1.82, 2.24) is 15.1 Å². The molecule has 0 aliphatic heterocycles. The zero-order chi connectivity index (χ0) is 12.7. The zero-order valence-corrected chi connectivity index (χ0v) is 11.4. The lowest BCUT2D eigenvalue weighted by Gasteiger charge is -2.20. The molecular formula is C13H25N3O. The van der Waals surface area contributed by atoms with E-state index in [-0.39, 0.29) is 6.04 Å². The van der Waals surface area contributed by atoms with E-state index >= 15 is 0 Å². The molecule has 1 unspecified atom stereocenters. The van der Waals surface area contributed by atoms with Crippen molar-refractivity contribution in [3.63, 3.8) is 0 Å². The predicted octanol–water partition coefficient (Wildman–Crippen LogP) is 1.42. The topological polar surface area (TPSA) is 31.6 Å². The molecule has 98 valence electrons. The lowest BCUT2D eigenvalue weighted by molar-refractivity contribution is 0.276. The fourth-order valence-electron chi connectivity index (χ4n) is 1.59. The molecular weight excluding hydrogens is 214 g/mol. The smallest absolute Gasteiger partial charge is 0.120 e. The lowest BCUT2D eigenvalue weighted by atomic mass is 10.2. The van der Waals surface area contributed by atoms with Crippen LogP contribution in [-0.4, -0.2) is 57.1 Å². The third kappa shape index (κ3) is 5.86. The van der Waals surface area contributed by atoms with Crippen molar-refractivity contribution in [2.24, 2.45) is 0 Å². The van der Waals surface area contributed by atoms with Gasteiger partial charge in [0, 0.05) is 26.2 Å². The predicted molar refractivity (Wildman–Crippen MR) is 71.2 cm³/mol. The summed E-state index contributed by atoms with van der Waals surface area (Å²) in [6.45, 7) is 6.36. The van der Waals surface area contributed by atoms with E-state index in [2.05, 4.69) is 43.2 Å². The van der Waals surface area contributed by atoms with E-state index in [0.717, 1.165) is 31.9 Å². The number of hydrogen-bond donors (Lipinski definition) is 1. The molecule has 0 radical (unpaired) electrons. The Kier molecular flexibility index (Phi) is 6.26. The highest BCUT2D eigenvalue weighted by Gasteiger charge is 2.07. The fraction of sp³-hybridized carbons (Fsp3) is 0.692. The maximum absolute atomic E-state index is 5.35. The maximum atomic E-state index is 5.35. The summed E-state index contributed by atoms with van der Waals surface area (Å²) in [5.74, 6) is 1.00. The van der Waals surface area contributed by atoms with Crippen LogP contribution in [0.3, 0.4) is 0 Å². The summed E-state index contributed by atoms with van der Waals surface area (Å²) in [6.07, 6.45) is 1.72. The standard InChI is InChI=1S/C13H25N3O/c1-12(13-6-5-11-17-13)14-7-8-16(4)10-9-15(2)3/h5-6,11-12,14H,7-10H2,1-4H3. The van der Waals surface area contributed by atoms with E-state index < -0.39 is 0 Å². The molecule has 1 N–H and O–H groups in total. The molecule has 0 aliphatic rings. The van der Waals surface area contributed by atoms with Crippen molar-refractivity contribution < 1.29 is 4.42 Å². The SMILES string of the molecule is CC(NCCN(C)CCN(C)C)c1ccco1. The second-order valence-electron chi connectivity index (χ2n) is 4.80. The Morgan fingerprint density at radius 3 is 2.59 bits per heavy atom. The minimum atomic E-state index is 0.284. The first-order valence-electron chi connectivity index (χ1n) is 6.19. The molecule has 0 aliphatic carbocycles. The molecule has 0 fully saturated rings. The first kappa shape index (κ1) is 14.2. The lowest BCUT2D eigenvalue weighted by Crippen LogP contribution is -2.34. The van der Waals surface area contributed by atoms with Crippen LogP contribution in [0.5, 0.6) is 0 Å². The molecule has 1 heterocycles. The van der Waals surface area contributed by atoms with Crippen molar-refractivity contribution in [1.29, 1.82) is 0 Å². The molecule has 0 aromatic carbocycles. The fourth-order valence-corrected chi connectivity index (χ4v) is 1.59. The summed E-state index contributed by atoms with van der Waals surface area (Å²) < 4.78 is 5.35. The summed E-state index contributed by atoms with van der Waals surface area (Å²) in [7, 11) is 6.36. The van der Waals surface area contributed by atoms with Crippen molar-refractivity contribution in [2.75, 3.05) is 47.3 Å². The van der Waals surface area contributed by atoms with Gasteiger partial charge in [0.05, 0.1) is 12.3 Å². The van der Waals surface area contributed by atoms with Gasteiger partial charge in [-0.15, -0.1) is 0 Å². The van der Waals surface area contributed by atoms with Crippen molar-refractivity contribution in [3.05, 3.63) is 24.2 Å². The van der Waals surface area contributed by atoms with E-state index in [1.54, 1.807) is 6.26 Å². The van der Waals surface area contributed by atoms with Gasteiger partial charge < -0.3 is 19.5 Å². The van der Waals surface area contributed by atoms with Crippen LogP contribution in [0.25, 0.3) is 0 Å². The summed E-state index contributed by atoms with van der Waals surface area (Å²) in [5.41, 5.74) is 0. The number of nitrogens with one attached hydrogen (secondary N) is 1. The Morgan fingerprint density at radius 1 is 1.24 bits per heavy atom. The highest BCUT2D eigenvalue weighted by Crippen LogP contribution is 2.11. The molecule has 0 amide bonds. The molecule has 4 nitrogen and oxygen atoms in total. The van der Waals surface area contributed by atoms with Crippen LogP contribution in [0.4, 0.5) is 0 Å². The Hall–Kier alpha value is -0.840. The number of nitrogens with zero attached hydrogens (tertiary/aromatic N) is 2. The third-order valence-electron chi connectivity index (χ3n) is 2.84. The minimum Gasteiger partial charge on any atom is -0.468 e. The van der Waals surface area contributed by atoms with E-state index in [9.17, 15) is 0 Å². The molecule has 1 rings (SSSR count). The Morgan fingerprint density at radius 2 is 2.00 bits per heavy atom. The quantitative estimate of drug-likeness (QED) is 0.743. The van der Waals surface area contributed by atoms with Crippen LogP contribution >= 0.6 is 0 Å². The molecule has 1 aromatic rings. The Labute approximate surface area is 105 Å². The van der Waals surface area contributed by atoms with E-state index in [1.807, 2.05) is 12.1 Å². The van der Waals surface area contributed by atoms with Crippen LogP contribution in [0.1, 0.15) is 18.7 Å². The molecule has 0 saturated heterocycles. The third-order valence-corrected chi connectivity index (χ3v) is 2.84. The average Bonchev–Trinajstić information content (AvgIpc) is 2.79. The van der Waals surface area contributed by atoms with Gasteiger partial charge in [0.25, 0.3) is 0 Å². The van der Waals surface area contributed by atoms with Crippen molar-refractivity contribution in [2.45, 2.75) is 13.0 Å². The molecule has 1 aromatic heterocycles. The van der Waals surface area contributed by atoms with Crippen LogP contribution in [0.15, 0.2) is 22.8 Å². The first-order valence-corrected chi connectivity index (χ1v) is 6.19. The molecule has 0 saturated carbocycles. The Bertz CT molecular complexity index is 285. The van der Waals surface area contributed by atoms with Gasteiger partial charge >= 0.3 is 0 Å². The van der Waals surface area contributed by atoms with E-state index in [0.29, 0.717) is 0 Å². The van der Waals surface area contributed by atoms with E-state index in [4.69, 9.17) is 4.42 Å². The van der Waals surface area contributed by atoms with E-state index in [1.165, 1.54) is 0 Å². The van der Waals surface area contributed by atoms with Crippen molar-refractivity contribution >= 4 is 0 Å². The molecule has 0 bridgehead atoms. The van der Waals surface area contributed by atoms with Gasteiger partial charge in [0.2, 0.25) is 0 Å². The number of rotatable bonds is 8. The van der Waals surface area contributed by atoms with Crippen LogP contribution in [0.2, 0.25) is 0 Å². The van der Waals surface area contributed by atoms with Crippen molar-refractivity contribution in [3.8, 4) is 0 Å². The largest absolute Gasteiger partial charge is 0.468 e. The maximum Gasteiger partial charge on any atom is 0.120 e.